The Bertz CT molecular complexity index is 1940. The molecule has 5 rings (SSSR count). The molecule has 0 radical (unpaired) electrons. The molecular formula is C32H35IN6O5S2. The van der Waals surface area contributed by atoms with Crippen molar-refractivity contribution < 1.29 is 21.6 Å². The Morgan fingerprint density at radius 2 is 1.59 bits per heavy atom. The van der Waals surface area contributed by atoms with Crippen LogP contribution >= 0.6 is 22.6 Å². The Labute approximate surface area is 282 Å². The number of hydrogen-bond acceptors (Lipinski definition) is 6. The van der Waals surface area contributed by atoms with Gasteiger partial charge in [0.2, 0.25) is 15.9 Å². The van der Waals surface area contributed by atoms with Gasteiger partial charge in [0.1, 0.15) is 6.04 Å². The van der Waals surface area contributed by atoms with Crippen LogP contribution in [0.5, 0.6) is 0 Å². The third-order valence-corrected chi connectivity index (χ3v) is 11.4. The van der Waals surface area contributed by atoms with Crippen LogP contribution in [0.2, 0.25) is 0 Å². The number of guanidine groups is 1. The SMILES string of the molecule is N=C(N)N1CCC[C@H](CNC(=O)[C@@H](Cc2ccc(NS(=O)(=O)c3ccc(I)cc3)cc2)NS(=O)(=O)c2ccc3ccccc3c2)C1. The number of amides is 1. The summed E-state index contributed by atoms with van der Waals surface area (Å²) in [6.45, 7) is 1.52. The normalized spacial score (nSPS) is 16.1. The topological polar surface area (TPSA) is 175 Å². The summed E-state index contributed by atoms with van der Waals surface area (Å²) in [6.07, 6.45) is 1.70. The van der Waals surface area contributed by atoms with Crippen LogP contribution in [-0.2, 0) is 31.3 Å². The highest BCUT2D eigenvalue weighted by Gasteiger charge is 2.28. The molecule has 1 aliphatic heterocycles. The van der Waals surface area contributed by atoms with Gasteiger partial charge in [-0.2, -0.15) is 4.72 Å². The van der Waals surface area contributed by atoms with Gasteiger partial charge < -0.3 is 16.0 Å². The highest BCUT2D eigenvalue weighted by atomic mass is 127. The average molecular weight is 775 g/mol. The molecule has 6 N–H and O–H groups in total. The van der Waals surface area contributed by atoms with Crippen molar-refractivity contribution in [1.82, 2.24) is 14.9 Å². The second-order valence-corrected chi connectivity index (χ2v) is 15.9. The minimum Gasteiger partial charge on any atom is -0.370 e. The van der Waals surface area contributed by atoms with Crippen molar-refractivity contribution in [3.05, 3.63) is 100 Å². The van der Waals surface area contributed by atoms with E-state index >= 15 is 0 Å². The van der Waals surface area contributed by atoms with Crippen molar-refractivity contribution in [2.75, 3.05) is 24.4 Å². The summed E-state index contributed by atoms with van der Waals surface area (Å²) in [4.78, 5) is 15.5. The first-order valence-corrected chi connectivity index (χ1v) is 18.7. The number of nitrogens with one attached hydrogen (secondary N) is 4. The minimum absolute atomic E-state index is 0.0127. The van der Waals surface area contributed by atoms with Gasteiger partial charge in [-0.3, -0.25) is 14.9 Å². The summed E-state index contributed by atoms with van der Waals surface area (Å²) >= 11 is 2.10. The Kier molecular flexibility index (Phi) is 10.5. The molecule has 0 bridgehead atoms. The van der Waals surface area contributed by atoms with E-state index in [2.05, 4.69) is 37.4 Å². The van der Waals surface area contributed by atoms with Crippen LogP contribution in [-0.4, -0.2) is 59.3 Å². The zero-order valence-electron chi connectivity index (χ0n) is 24.8. The van der Waals surface area contributed by atoms with Gasteiger partial charge in [-0.15, -0.1) is 0 Å². The maximum Gasteiger partial charge on any atom is 0.261 e. The molecule has 0 aromatic heterocycles. The van der Waals surface area contributed by atoms with Gasteiger partial charge >= 0.3 is 0 Å². The standard InChI is InChI=1S/C32H35IN6O5S2/c33-26-10-15-28(16-11-26)45(41,42)37-27-12-7-22(8-13-27)18-30(31(40)36-20-23-4-3-17-39(21-23)32(34)35)38-46(43,44)29-14-9-24-5-1-2-6-25(24)19-29/h1-2,5-16,19,23,30,37-38H,3-4,17-18,20-21H2,(H3,34,35)(H,36,40)/t23-,30-/m1/s1. The average Bonchev–Trinajstić information content (AvgIpc) is 3.04. The number of halogens is 1. The first kappa shape index (κ1) is 33.6. The number of nitrogens with two attached hydrogens (primary N) is 1. The Balaban J connectivity index is 1.33. The Hall–Kier alpha value is -3.73. The number of hydrogen-bond donors (Lipinski definition) is 5. The summed E-state index contributed by atoms with van der Waals surface area (Å²) in [7, 11) is -7.91. The summed E-state index contributed by atoms with van der Waals surface area (Å²) in [5.41, 5.74) is 6.62. The highest BCUT2D eigenvalue weighted by molar-refractivity contribution is 14.1. The molecule has 4 aromatic carbocycles. The van der Waals surface area contributed by atoms with Crippen molar-refractivity contribution in [3.8, 4) is 0 Å². The molecule has 1 saturated heterocycles. The second kappa shape index (κ2) is 14.4. The van der Waals surface area contributed by atoms with Gasteiger partial charge in [0.05, 0.1) is 9.79 Å². The van der Waals surface area contributed by atoms with E-state index < -0.39 is 32.0 Å². The lowest BCUT2D eigenvalue weighted by Gasteiger charge is -2.33. The third-order valence-electron chi connectivity index (χ3n) is 7.84. The zero-order chi connectivity index (χ0) is 32.9. The summed E-state index contributed by atoms with van der Waals surface area (Å²) in [5.74, 6) is -0.450. The Morgan fingerprint density at radius 3 is 2.28 bits per heavy atom. The number of carbonyl (C=O) groups excluding carboxylic acids is 1. The van der Waals surface area contributed by atoms with E-state index in [1.807, 2.05) is 24.3 Å². The monoisotopic (exact) mass is 774 g/mol. The number of carbonyl (C=O) groups is 1. The third kappa shape index (κ3) is 8.54. The van der Waals surface area contributed by atoms with Gasteiger partial charge in [-0.25, -0.2) is 16.8 Å². The number of sulfonamides is 2. The summed E-state index contributed by atoms with van der Waals surface area (Å²) in [6, 6.07) is 24.0. The molecule has 1 amide bonds. The molecule has 4 aromatic rings. The lowest BCUT2D eigenvalue weighted by atomic mass is 9.98. The van der Waals surface area contributed by atoms with E-state index in [-0.39, 0.29) is 28.1 Å². The molecule has 242 valence electrons. The molecule has 0 aliphatic carbocycles. The fourth-order valence-electron chi connectivity index (χ4n) is 5.37. The first-order valence-electron chi connectivity index (χ1n) is 14.6. The molecule has 2 atom stereocenters. The van der Waals surface area contributed by atoms with Crippen molar-refractivity contribution in [3.63, 3.8) is 0 Å². The van der Waals surface area contributed by atoms with Crippen molar-refractivity contribution in [2.24, 2.45) is 11.7 Å². The van der Waals surface area contributed by atoms with Crippen LogP contribution < -0.4 is 20.5 Å². The maximum atomic E-state index is 13.6. The number of benzene rings is 4. The van der Waals surface area contributed by atoms with Crippen LogP contribution in [0.1, 0.15) is 18.4 Å². The quantitative estimate of drug-likeness (QED) is 0.0875. The lowest BCUT2D eigenvalue weighted by Crippen LogP contribution is -2.51. The number of rotatable bonds is 11. The molecular weight excluding hydrogens is 739 g/mol. The maximum absolute atomic E-state index is 13.6. The van der Waals surface area contributed by atoms with E-state index in [0.29, 0.717) is 30.9 Å². The van der Waals surface area contributed by atoms with Crippen LogP contribution in [0.4, 0.5) is 5.69 Å². The predicted molar refractivity (Wildman–Crippen MR) is 187 cm³/mol. The molecule has 0 unspecified atom stereocenters. The lowest BCUT2D eigenvalue weighted by molar-refractivity contribution is -0.122. The van der Waals surface area contributed by atoms with E-state index in [1.54, 1.807) is 53.4 Å². The van der Waals surface area contributed by atoms with Crippen LogP contribution in [0.3, 0.4) is 0 Å². The number of piperidine rings is 1. The van der Waals surface area contributed by atoms with Gasteiger partial charge in [0, 0.05) is 28.9 Å². The molecule has 1 fully saturated rings. The van der Waals surface area contributed by atoms with E-state index in [0.717, 1.165) is 27.2 Å². The molecule has 1 heterocycles. The van der Waals surface area contributed by atoms with Gasteiger partial charge in [0.25, 0.3) is 10.0 Å². The van der Waals surface area contributed by atoms with Gasteiger partial charge in [-0.05, 0) is 113 Å². The van der Waals surface area contributed by atoms with E-state index in [1.165, 1.54) is 18.2 Å². The van der Waals surface area contributed by atoms with Gasteiger partial charge in [-0.1, -0.05) is 42.5 Å². The fraction of sp³-hybridized carbons (Fsp3) is 0.250. The summed E-state index contributed by atoms with van der Waals surface area (Å²) in [5, 5.41) is 12.3. The largest absolute Gasteiger partial charge is 0.370 e. The molecule has 0 spiro atoms. The van der Waals surface area contributed by atoms with E-state index in [9.17, 15) is 21.6 Å². The van der Waals surface area contributed by atoms with Crippen LogP contribution in [0.15, 0.2) is 101 Å². The number of fused-ring (bicyclic) bond motifs is 1. The molecule has 14 heteroatoms. The fourth-order valence-corrected chi connectivity index (χ4v) is 8.02. The van der Waals surface area contributed by atoms with Crippen molar-refractivity contribution in [2.45, 2.75) is 35.1 Å². The molecule has 46 heavy (non-hydrogen) atoms. The summed E-state index contributed by atoms with van der Waals surface area (Å²) < 4.78 is 58.8. The van der Waals surface area contributed by atoms with Crippen LogP contribution in [0, 0.1) is 14.9 Å². The molecule has 11 nitrogen and oxygen atoms in total. The Morgan fingerprint density at radius 1 is 0.913 bits per heavy atom. The van der Waals surface area contributed by atoms with Crippen molar-refractivity contribution in [1.29, 1.82) is 5.41 Å². The van der Waals surface area contributed by atoms with Gasteiger partial charge in [0.15, 0.2) is 5.96 Å². The molecule has 1 aliphatic rings. The smallest absolute Gasteiger partial charge is 0.261 e. The zero-order valence-corrected chi connectivity index (χ0v) is 28.6. The number of anilines is 1. The predicted octanol–water partition coefficient (Wildman–Crippen LogP) is 3.86. The first-order chi connectivity index (χ1) is 21.9. The van der Waals surface area contributed by atoms with Crippen molar-refractivity contribution >= 4 is 71.0 Å². The number of nitrogens with zero attached hydrogens (tertiary/aromatic N) is 1. The van der Waals surface area contributed by atoms with Crippen LogP contribution in [0.25, 0.3) is 10.8 Å². The highest BCUT2D eigenvalue weighted by Crippen LogP contribution is 2.22. The number of likely N-dealkylation sites (tertiary alicyclic amines) is 1. The minimum atomic E-state index is -4.10. The van der Waals surface area contributed by atoms with E-state index in [4.69, 9.17) is 11.1 Å². The molecule has 0 saturated carbocycles. The second-order valence-electron chi connectivity index (χ2n) is 11.2.